The van der Waals surface area contributed by atoms with Crippen LogP contribution in [0.15, 0.2) is 100 Å². The number of methoxy groups -OCH3 is 1. The first-order chi connectivity index (χ1) is 19.4. The molecule has 0 aliphatic rings. The lowest BCUT2D eigenvalue weighted by Gasteiger charge is -2.11. The molecule has 1 aromatic heterocycles. The van der Waals surface area contributed by atoms with Crippen LogP contribution < -0.4 is 9.47 Å². The van der Waals surface area contributed by atoms with Crippen molar-refractivity contribution in [2.24, 2.45) is 4.99 Å². The third-order valence-corrected chi connectivity index (χ3v) is 6.73. The fourth-order valence-corrected chi connectivity index (χ4v) is 4.40. The van der Waals surface area contributed by atoms with Crippen LogP contribution in [-0.4, -0.2) is 13.3 Å². The highest BCUT2D eigenvalue weighted by Crippen LogP contribution is 2.42. The number of rotatable bonds is 8. The lowest BCUT2D eigenvalue weighted by Crippen LogP contribution is -1.98. The van der Waals surface area contributed by atoms with Gasteiger partial charge < -0.3 is 13.9 Å². The van der Waals surface area contributed by atoms with E-state index in [0.717, 1.165) is 38.9 Å². The molecule has 5 nitrogen and oxygen atoms in total. The molecule has 0 saturated carbocycles. The molecule has 1 heterocycles. The number of aliphatic imine (C=N–C) groups is 1. The van der Waals surface area contributed by atoms with E-state index in [-0.39, 0.29) is 5.88 Å². The first kappa shape index (κ1) is 26.8. The molecule has 0 bridgehead atoms. The van der Waals surface area contributed by atoms with Crippen molar-refractivity contribution in [2.75, 3.05) is 7.11 Å². The van der Waals surface area contributed by atoms with E-state index in [0.29, 0.717) is 34.5 Å². The second-order valence-corrected chi connectivity index (χ2v) is 9.85. The average molecular weight is 547 g/mol. The summed E-state index contributed by atoms with van der Waals surface area (Å²) in [6, 6.07) is 31.4. The predicted molar refractivity (Wildman–Crippen MR) is 160 cm³/mol. The Bertz CT molecular complexity index is 1700. The SMILES string of the molecule is COc1cc(C=Nc2oc(-c3ccc(C)cc3)c(-c3ccc(C)cc3)c2C#N)ccc1OCc1ccc(Cl)cc1. The van der Waals surface area contributed by atoms with Gasteiger partial charge in [-0.1, -0.05) is 83.4 Å². The summed E-state index contributed by atoms with van der Waals surface area (Å²) in [5, 5.41) is 10.9. The lowest BCUT2D eigenvalue weighted by molar-refractivity contribution is 0.284. The molecular formula is C34H27ClN2O3. The predicted octanol–water partition coefficient (Wildman–Crippen LogP) is 9.09. The van der Waals surface area contributed by atoms with Crippen LogP contribution in [0.4, 0.5) is 5.88 Å². The molecule has 0 unspecified atom stereocenters. The molecule has 0 N–H and O–H groups in total. The Labute approximate surface area is 238 Å². The monoisotopic (exact) mass is 546 g/mol. The zero-order valence-electron chi connectivity index (χ0n) is 22.4. The molecule has 40 heavy (non-hydrogen) atoms. The summed E-state index contributed by atoms with van der Waals surface area (Å²) in [6.45, 7) is 4.44. The molecular weight excluding hydrogens is 520 g/mol. The van der Waals surface area contributed by atoms with Crippen LogP contribution in [0.3, 0.4) is 0 Å². The van der Waals surface area contributed by atoms with Crippen molar-refractivity contribution in [2.45, 2.75) is 20.5 Å². The Morgan fingerprint density at radius 2 is 1.50 bits per heavy atom. The standard InChI is InChI=1S/C34H27ClN2O3/c1-22-4-11-26(12-5-22)32-29(19-36)34(40-33(32)27-13-6-23(2)7-14-27)37-20-25-10-17-30(31(18-25)38-3)39-21-24-8-15-28(35)16-9-24/h4-18,20H,21H2,1-3H3. The van der Waals surface area contributed by atoms with Gasteiger partial charge in [0.2, 0.25) is 5.88 Å². The summed E-state index contributed by atoms with van der Waals surface area (Å²) >= 11 is 5.97. The summed E-state index contributed by atoms with van der Waals surface area (Å²) in [5.41, 5.74) is 6.91. The lowest BCUT2D eigenvalue weighted by atomic mass is 9.97. The molecule has 0 amide bonds. The number of aryl methyl sites for hydroxylation is 2. The number of nitrogens with zero attached hydrogens (tertiary/aromatic N) is 2. The van der Waals surface area contributed by atoms with Crippen molar-refractivity contribution in [1.29, 1.82) is 5.26 Å². The Kier molecular flexibility index (Phi) is 8.00. The van der Waals surface area contributed by atoms with Gasteiger partial charge >= 0.3 is 0 Å². The molecule has 5 rings (SSSR count). The molecule has 5 aromatic rings. The zero-order valence-corrected chi connectivity index (χ0v) is 23.2. The minimum absolute atomic E-state index is 0.246. The molecule has 0 atom stereocenters. The Balaban J connectivity index is 1.47. The van der Waals surface area contributed by atoms with E-state index in [4.69, 9.17) is 25.5 Å². The molecule has 0 aliphatic carbocycles. The molecule has 0 fully saturated rings. The molecule has 0 saturated heterocycles. The van der Waals surface area contributed by atoms with Gasteiger partial charge in [0, 0.05) is 22.4 Å². The van der Waals surface area contributed by atoms with Gasteiger partial charge in [0.15, 0.2) is 11.5 Å². The van der Waals surface area contributed by atoms with E-state index in [1.165, 1.54) is 0 Å². The van der Waals surface area contributed by atoms with Crippen molar-refractivity contribution < 1.29 is 13.9 Å². The van der Waals surface area contributed by atoms with E-state index in [2.05, 4.69) is 11.1 Å². The third-order valence-electron chi connectivity index (χ3n) is 6.48. The summed E-state index contributed by atoms with van der Waals surface area (Å²) in [5.74, 6) is 2.03. The quantitative estimate of drug-likeness (QED) is 0.182. The second kappa shape index (κ2) is 11.9. The van der Waals surface area contributed by atoms with Crippen LogP contribution in [0.5, 0.6) is 11.5 Å². The molecule has 6 heteroatoms. The Morgan fingerprint density at radius 3 is 2.12 bits per heavy atom. The smallest absolute Gasteiger partial charge is 0.238 e. The summed E-state index contributed by atoms with van der Waals surface area (Å²) < 4.78 is 17.8. The van der Waals surface area contributed by atoms with Crippen LogP contribution in [-0.2, 0) is 6.61 Å². The van der Waals surface area contributed by atoms with E-state index in [1.807, 2.05) is 105 Å². The van der Waals surface area contributed by atoms with E-state index in [1.54, 1.807) is 13.3 Å². The topological polar surface area (TPSA) is 67.8 Å². The van der Waals surface area contributed by atoms with Gasteiger partial charge in [0.1, 0.15) is 24.0 Å². The van der Waals surface area contributed by atoms with Crippen molar-refractivity contribution in [3.05, 3.63) is 124 Å². The summed E-state index contributed by atoms with van der Waals surface area (Å²) in [6.07, 6.45) is 1.66. The number of ether oxygens (including phenoxy) is 2. The maximum absolute atomic E-state index is 10.2. The van der Waals surface area contributed by atoms with Crippen LogP contribution in [0.2, 0.25) is 5.02 Å². The molecule has 0 radical (unpaired) electrons. The average Bonchev–Trinajstić information content (AvgIpc) is 3.35. The molecule has 4 aromatic carbocycles. The van der Waals surface area contributed by atoms with Crippen LogP contribution in [0.25, 0.3) is 22.5 Å². The van der Waals surface area contributed by atoms with Crippen molar-refractivity contribution in [3.8, 4) is 40.0 Å². The zero-order chi connectivity index (χ0) is 28.1. The fraction of sp³-hybridized carbons (Fsp3) is 0.118. The Morgan fingerprint density at radius 1 is 0.850 bits per heavy atom. The van der Waals surface area contributed by atoms with Gasteiger partial charge in [-0.05, 0) is 60.9 Å². The minimum atomic E-state index is 0.246. The van der Waals surface area contributed by atoms with Gasteiger partial charge in [-0.15, -0.1) is 0 Å². The van der Waals surface area contributed by atoms with Gasteiger partial charge in [-0.25, -0.2) is 4.99 Å². The van der Waals surface area contributed by atoms with E-state index < -0.39 is 0 Å². The van der Waals surface area contributed by atoms with Crippen molar-refractivity contribution in [1.82, 2.24) is 0 Å². The van der Waals surface area contributed by atoms with Crippen molar-refractivity contribution >= 4 is 23.7 Å². The highest BCUT2D eigenvalue weighted by Gasteiger charge is 2.22. The number of hydrogen-bond acceptors (Lipinski definition) is 5. The first-order valence-corrected chi connectivity index (χ1v) is 13.1. The van der Waals surface area contributed by atoms with Gasteiger partial charge in [-0.3, -0.25) is 0 Å². The molecule has 198 valence electrons. The molecule has 0 aliphatic heterocycles. The van der Waals surface area contributed by atoms with Crippen LogP contribution in [0, 0.1) is 25.2 Å². The van der Waals surface area contributed by atoms with Gasteiger partial charge in [0.05, 0.1) is 7.11 Å². The molecule has 0 spiro atoms. The van der Waals surface area contributed by atoms with E-state index >= 15 is 0 Å². The first-order valence-electron chi connectivity index (χ1n) is 12.8. The fourth-order valence-electron chi connectivity index (χ4n) is 4.28. The van der Waals surface area contributed by atoms with Gasteiger partial charge in [0.25, 0.3) is 0 Å². The summed E-state index contributed by atoms with van der Waals surface area (Å²) in [4.78, 5) is 4.60. The van der Waals surface area contributed by atoms with Crippen molar-refractivity contribution in [3.63, 3.8) is 0 Å². The second-order valence-electron chi connectivity index (χ2n) is 9.41. The highest BCUT2D eigenvalue weighted by molar-refractivity contribution is 6.30. The normalized spacial score (nSPS) is 11.0. The number of benzene rings is 4. The Hall–Kier alpha value is -4.79. The maximum Gasteiger partial charge on any atom is 0.238 e. The van der Waals surface area contributed by atoms with E-state index in [9.17, 15) is 5.26 Å². The van der Waals surface area contributed by atoms with Crippen LogP contribution >= 0.6 is 11.6 Å². The number of halogens is 1. The largest absolute Gasteiger partial charge is 0.493 e. The summed E-state index contributed by atoms with van der Waals surface area (Å²) in [7, 11) is 1.59. The minimum Gasteiger partial charge on any atom is -0.493 e. The van der Waals surface area contributed by atoms with Gasteiger partial charge in [-0.2, -0.15) is 5.26 Å². The number of nitriles is 1. The third kappa shape index (κ3) is 5.93. The van der Waals surface area contributed by atoms with Crippen LogP contribution in [0.1, 0.15) is 27.8 Å². The number of hydrogen-bond donors (Lipinski definition) is 0. The number of furan rings is 1. The highest BCUT2D eigenvalue weighted by atomic mass is 35.5. The maximum atomic E-state index is 10.2.